The Labute approximate surface area is 165 Å². The molecule has 0 unspecified atom stereocenters. The van der Waals surface area contributed by atoms with Crippen LogP contribution in [0.3, 0.4) is 0 Å². The SMILES string of the molecule is O=C(CN1C(=O)COc2ccccc21)N(Cc1cccs1)c1ccc(F)cc1. The number of amides is 2. The van der Waals surface area contributed by atoms with E-state index in [1.54, 1.807) is 35.2 Å². The second kappa shape index (κ2) is 7.82. The van der Waals surface area contributed by atoms with Gasteiger partial charge in [0, 0.05) is 10.6 Å². The molecule has 0 bridgehead atoms. The zero-order valence-corrected chi connectivity index (χ0v) is 15.7. The van der Waals surface area contributed by atoms with Crippen LogP contribution in [0.25, 0.3) is 0 Å². The first-order valence-corrected chi connectivity index (χ1v) is 9.60. The first-order chi connectivity index (χ1) is 13.6. The largest absolute Gasteiger partial charge is 0.482 e. The maximum absolute atomic E-state index is 13.3. The summed E-state index contributed by atoms with van der Waals surface area (Å²) in [7, 11) is 0. The summed E-state index contributed by atoms with van der Waals surface area (Å²) < 4.78 is 18.8. The van der Waals surface area contributed by atoms with Crippen LogP contribution in [0.4, 0.5) is 15.8 Å². The van der Waals surface area contributed by atoms with Gasteiger partial charge in [0.05, 0.1) is 12.2 Å². The Morgan fingerprint density at radius 3 is 2.64 bits per heavy atom. The Morgan fingerprint density at radius 1 is 1.11 bits per heavy atom. The smallest absolute Gasteiger partial charge is 0.265 e. The van der Waals surface area contributed by atoms with Crippen LogP contribution in [-0.2, 0) is 16.1 Å². The van der Waals surface area contributed by atoms with Crippen molar-refractivity contribution in [2.75, 3.05) is 23.0 Å². The molecule has 0 saturated carbocycles. The van der Waals surface area contributed by atoms with Crippen LogP contribution in [0, 0.1) is 5.82 Å². The predicted molar refractivity (Wildman–Crippen MR) is 106 cm³/mol. The van der Waals surface area contributed by atoms with Crippen LogP contribution in [0.5, 0.6) is 5.75 Å². The summed E-state index contributed by atoms with van der Waals surface area (Å²) in [5.74, 6) is -0.335. The summed E-state index contributed by atoms with van der Waals surface area (Å²) in [5.41, 5.74) is 1.15. The molecule has 0 saturated heterocycles. The minimum atomic E-state index is -0.371. The fourth-order valence-corrected chi connectivity index (χ4v) is 3.74. The summed E-state index contributed by atoms with van der Waals surface area (Å²) >= 11 is 1.53. The third kappa shape index (κ3) is 3.75. The minimum absolute atomic E-state index is 0.105. The highest BCUT2D eigenvalue weighted by atomic mass is 32.1. The lowest BCUT2D eigenvalue weighted by Crippen LogP contribution is -2.46. The van der Waals surface area contributed by atoms with Gasteiger partial charge in [-0.05, 0) is 47.8 Å². The van der Waals surface area contributed by atoms with Crippen molar-refractivity contribution in [2.24, 2.45) is 0 Å². The molecule has 2 aromatic carbocycles. The minimum Gasteiger partial charge on any atom is -0.482 e. The molecule has 0 N–H and O–H groups in total. The van der Waals surface area contributed by atoms with Gasteiger partial charge in [0.15, 0.2) is 6.61 Å². The lowest BCUT2D eigenvalue weighted by atomic mass is 10.2. The van der Waals surface area contributed by atoms with Gasteiger partial charge in [-0.25, -0.2) is 4.39 Å². The number of fused-ring (bicyclic) bond motifs is 1. The average molecular weight is 396 g/mol. The third-order valence-electron chi connectivity index (χ3n) is 4.44. The maximum Gasteiger partial charge on any atom is 0.265 e. The van der Waals surface area contributed by atoms with E-state index in [1.807, 2.05) is 23.6 Å². The molecule has 2 heterocycles. The highest BCUT2D eigenvalue weighted by molar-refractivity contribution is 7.09. The number of rotatable bonds is 5. The number of nitrogens with zero attached hydrogens (tertiary/aromatic N) is 2. The van der Waals surface area contributed by atoms with Crippen molar-refractivity contribution in [3.05, 3.63) is 76.7 Å². The van der Waals surface area contributed by atoms with Crippen LogP contribution < -0.4 is 14.5 Å². The van der Waals surface area contributed by atoms with E-state index in [0.717, 1.165) is 4.88 Å². The molecule has 0 atom stereocenters. The maximum atomic E-state index is 13.3. The Kier molecular flexibility index (Phi) is 5.08. The van der Waals surface area contributed by atoms with E-state index < -0.39 is 0 Å². The highest BCUT2D eigenvalue weighted by Crippen LogP contribution is 2.31. The quantitative estimate of drug-likeness (QED) is 0.658. The van der Waals surface area contributed by atoms with Crippen molar-refractivity contribution in [2.45, 2.75) is 6.54 Å². The van der Waals surface area contributed by atoms with Gasteiger partial charge in [-0.3, -0.25) is 14.5 Å². The average Bonchev–Trinajstić information content (AvgIpc) is 3.22. The van der Waals surface area contributed by atoms with E-state index in [4.69, 9.17) is 4.74 Å². The summed E-state index contributed by atoms with van der Waals surface area (Å²) in [6.07, 6.45) is 0. The number of halogens is 1. The van der Waals surface area contributed by atoms with Gasteiger partial charge in [-0.1, -0.05) is 18.2 Å². The van der Waals surface area contributed by atoms with Gasteiger partial charge in [0.2, 0.25) is 5.91 Å². The van der Waals surface area contributed by atoms with E-state index >= 15 is 0 Å². The molecular formula is C21H17FN2O3S. The van der Waals surface area contributed by atoms with Gasteiger partial charge in [-0.15, -0.1) is 11.3 Å². The highest BCUT2D eigenvalue weighted by Gasteiger charge is 2.29. The molecular weight excluding hydrogens is 379 g/mol. The molecule has 4 rings (SSSR count). The molecule has 5 nitrogen and oxygen atoms in total. The Hall–Kier alpha value is -3.19. The van der Waals surface area contributed by atoms with Crippen molar-refractivity contribution in [1.82, 2.24) is 0 Å². The van der Waals surface area contributed by atoms with Crippen molar-refractivity contribution in [3.8, 4) is 5.75 Å². The van der Waals surface area contributed by atoms with Crippen molar-refractivity contribution in [3.63, 3.8) is 0 Å². The Bertz CT molecular complexity index is 989. The number of thiophene rings is 1. The zero-order valence-electron chi connectivity index (χ0n) is 14.9. The van der Waals surface area contributed by atoms with E-state index in [2.05, 4.69) is 0 Å². The second-order valence-electron chi connectivity index (χ2n) is 6.27. The first-order valence-electron chi connectivity index (χ1n) is 8.72. The fraction of sp³-hybridized carbons (Fsp3) is 0.143. The molecule has 1 aromatic heterocycles. The zero-order chi connectivity index (χ0) is 19.5. The molecule has 3 aromatic rings. The molecule has 0 radical (unpaired) electrons. The number of hydrogen-bond donors (Lipinski definition) is 0. The van der Waals surface area contributed by atoms with Gasteiger partial charge >= 0.3 is 0 Å². The number of benzene rings is 2. The van der Waals surface area contributed by atoms with E-state index in [1.165, 1.54) is 28.4 Å². The molecule has 142 valence electrons. The topological polar surface area (TPSA) is 49.9 Å². The number of anilines is 2. The molecule has 28 heavy (non-hydrogen) atoms. The predicted octanol–water partition coefficient (Wildman–Crippen LogP) is 3.85. The van der Waals surface area contributed by atoms with Gasteiger partial charge in [0.1, 0.15) is 18.1 Å². The van der Waals surface area contributed by atoms with E-state index in [0.29, 0.717) is 23.7 Å². The molecule has 0 fully saturated rings. The molecule has 2 amide bonds. The first kappa shape index (κ1) is 18.2. The fourth-order valence-electron chi connectivity index (χ4n) is 3.05. The summed E-state index contributed by atoms with van der Waals surface area (Å²) in [6, 6.07) is 16.7. The molecule has 0 aliphatic carbocycles. The third-order valence-corrected chi connectivity index (χ3v) is 5.30. The second-order valence-corrected chi connectivity index (χ2v) is 7.30. The van der Waals surface area contributed by atoms with Gasteiger partial charge in [-0.2, -0.15) is 0 Å². The van der Waals surface area contributed by atoms with Gasteiger partial charge in [0.25, 0.3) is 5.91 Å². The van der Waals surface area contributed by atoms with Crippen LogP contribution in [-0.4, -0.2) is 25.0 Å². The Morgan fingerprint density at radius 2 is 1.89 bits per heavy atom. The number of hydrogen-bond acceptors (Lipinski definition) is 4. The van der Waals surface area contributed by atoms with E-state index in [-0.39, 0.29) is 30.8 Å². The normalized spacial score (nSPS) is 13.0. The number of para-hydroxylation sites is 2. The molecule has 0 spiro atoms. The van der Waals surface area contributed by atoms with Crippen molar-refractivity contribution < 1.29 is 18.7 Å². The summed E-state index contributed by atoms with van der Waals surface area (Å²) in [5, 5.41) is 1.93. The monoisotopic (exact) mass is 396 g/mol. The van der Waals surface area contributed by atoms with Crippen LogP contribution in [0.1, 0.15) is 4.88 Å². The Balaban J connectivity index is 1.62. The van der Waals surface area contributed by atoms with Gasteiger partial charge < -0.3 is 9.64 Å². The van der Waals surface area contributed by atoms with Crippen LogP contribution >= 0.6 is 11.3 Å². The van der Waals surface area contributed by atoms with Crippen molar-refractivity contribution >= 4 is 34.5 Å². The van der Waals surface area contributed by atoms with Crippen LogP contribution in [0.15, 0.2) is 66.0 Å². The molecule has 1 aliphatic heterocycles. The molecule has 1 aliphatic rings. The molecule has 7 heteroatoms. The lowest BCUT2D eigenvalue weighted by Gasteiger charge is -2.31. The number of carbonyl (C=O) groups is 2. The number of carbonyl (C=O) groups excluding carboxylic acids is 2. The lowest BCUT2D eigenvalue weighted by molar-refractivity contribution is -0.124. The standard InChI is InChI=1S/C21H17FN2O3S/c22-15-7-9-16(10-8-15)23(12-17-4-3-11-28-17)20(25)13-24-18-5-1-2-6-19(18)27-14-21(24)26/h1-11H,12-14H2. The van der Waals surface area contributed by atoms with E-state index in [9.17, 15) is 14.0 Å². The van der Waals surface area contributed by atoms with Crippen molar-refractivity contribution in [1.29, 1.82) is 0 Å². The number of ether oxygens (including phenoxy) is 1. The summed E-state index contributed by atoms with van der Waals surface area (Å²) in [6.45, 7) is 0.121. The van der Waals surface area contributed by atoms with Crippen LogP contribution in [0.2, 0.25) is 0 Å². The summed E-state index contributed by atoms with van der Waals surface area (Å²) in [4.78, 5) is 29.6.